The van der Waals surface area contributed by atoms with E-state index >= 15 is 0 Å². The first-order valence-electron chi connectivity index (χ1n) is 3.72. The van der Waals surface area contributed by atoms with Crippen LogP contribution >= 0.6 is 15.9 Å². The summed E-state index contributed by atoms with van der Waals surface area (Å²) in [6.07, 6.45) is 2.55. The Balaban J connectivity index is 2.64. The lowest BCUT2D eigenvalue weighted by atomic mass is 10.2. The van der Waals surface area contributed by atoms with Crippen LogP contribution in [0, 0.1) is 11.6 Å². The van der Waals surface area contributed by atoms with Gasteiger partial charge in [-0.3, -0.25) is 0 Å². The lowest BCUT2D eigenvalue weighted by Crippen LogP contribution is -1.87. The Bertz CT molecular complexity index is 433. The third-order valence-electron chi connectivity index (χ3n) is 1.69. The highest BCUT2D eigenvalue weighted by molar-refractivity contribution is 9.10. The van der Waals surface area contributed by atoms with Gasteiger partial charge in [-0.1, -0.05) is 0 Å². The molecule has 2 nitrogen and oxygen atoms in total. The van der Waals surface area contributed by atoms with Gasteiger partial charge in [0.15, 0.2) is 12.2 Å². The number of benzene rings is 1. The van der Waals surface area contributed by atoms with Crippen LogP contribution in [-0.2, 0) is 0 Å². The monoisotopic (exact) mass is 259 g/mol. The summed E-state index contributed by atoms with van der Waals surface area (Å²) in [6, 6.07) is 1.96. The average molecular weight is 260 g/mol. The van der Waals surface area contributed by atoms with Crippen molar-refractivity contribution in [3.05, 3.63) is 40.8 Å². The molecule has 0 amide bonds. The third-order valence-corrected chi connectivity index (χ3v) is 2.31. The van der Waals surface area contributed by atoms with E-state index in [0.717, 1.165) is 6.07 Å². The number of nitrogens with zero attached hydrogens (tertiary/aromatic N) is 1. The van der Waals surface area contributed by atoms with Crippen molar-refractivity contribution >= 4 is 15.9 Å². The zero-order chi connectivity index (χ0) is 10.1. The molecule has 1 heterocycles. The summed E-state index contributed by atoms with van der Waals surface area (Å²) in [4.78, 5) is 3.66. The number of hydrogen-bond acceptors (Lipinski definition) is 2. The van der Waals surface area contributed by atoms with Gasteiger partial charge in [-0.25, -0.2) is 13.8 Å². The van der Waals surface area contributed by atoms with E-state index in [1.165, 1.54) is 18.7 Å². The standard InChI is InChI=1S/C9H4BrF2NO/c10-6-1-5(11)2-7(12)9(6)8-3-13-4-14-8/h1-4H. The minimum Gasteiger partial charge on any atom is -0.443 e. The van der Waals surface area contributed by atoms with Crippen molar-refractivity contribution < 1.29 is 13.2 Å². The second-order valence-electron chi connectivity index (χ2n) is 2.61. The van der Waals surface area contributed by atoms with Gasteiger partial charge in [0, 0.05) is 10.5 Å². The molecule has 0 saturated carbocycles. The van der Waals surface area contributed by atoms with Crippen molar-refractivity contribution in [2.45, 2.75) is 0 Å². The first-order chi connectivity index (χ1) is 6.68. The van der Waals surface area contributed by atoms with Gasteiger partial charge in [0.2, 0.25) is 0 Å². The normalized spacial score (nSPS) is 10.5. The van der Waals surface area contributed by atoms with E-state index in [0.29, 0.717) is 4.47 Å². The van der Waals surface area contributed by atoms with E-state index in [1.807, 2.05) is 0 Å². The summed E-state index contributed by atoms with van der Waals surface area (Å²) in [5.74, 6) is -1.07. The van der Waals surface area contributed by atoms with Crippen LogP contribution in [0.3, 0.4) is 0 Å². The Hall–Kier alpha value is -1.23. The molecular weight excluding hydrogens is 256 g/mol. The van der Waals surface area contributed by atoms with Crippen molar-refractivity contribution in [3.8, 4) is 11.3 Å². The van der Waals surface area contributed by atoms with E-state index in [1.54, 1.807) is 0 Å². The van der Waals surface area contributed by atoms with Crippen LogP contribution < -0.4 is 0 Å². The Kier molecular flexibility index (Phi) is 2.33. The van der Waals surface area contributed by atoms with Gasteiger partial charge < -0.3 is 4.42 Å². The molecule has 0 N–H and O–H groups in total. The molecule has 2 rings (SSSR count). The number of halogens is 3. The molecular formula is C9H4BrF2NO. The maximum Gasteiger partial charge on any atom is 0.181 e. The third kappa shape index (κ3) is 1.55. The van der Waals surface area contributed by atoms with Gasteiger partial charge in [0.25, 0.3) is 0 Å². The van der Waals surface area contributed by atoms with Crippen LogP contribution in [0.5, 0.6) is 0 Å². The van der Waals surface area contributed by atoms with Gasteiger partial charge in [0.1, 0.15) is 11.6 Å². The Labute approximate surface area is 86.7 Å². The summed E-state index contributed by atoms with van der Waals surface area (Å²) in [6.45, 7) is 0. The first kappa shape index (κ1) is 9.33. The zero-order valence-corrected chi connectivity index (χ0v) is 8.38. The van der Waals surface area contributed by atoms with Gasteiger partial charge in [-0.05, 0) is 22.0 Å². The minimum absolute atomic E-state index is 0.170. The van der Waals surface area contributed by atoms with E-state index in [9.17, 15) is 8.78 Å². The van der Waals surface area contributed by atoms with Crippen LogP contribution in [0.15, 0.2) is 33.6 Å². The SMILES string of the molecule is Fc1cc(F)c(-c2cnco2)c(Br)c1. The summed E-state index contributed by atoms with van der Waals surface area (Å²) in [7, 11) is 0. The Morgan fingerprint density at radius 1 is 1.29 bits per heavy atom. The fraction of sp³-hybridized carbons (Fsp3) is 0. The van der Waals surface area contributed by atoms with Crippen molar-refractivity contribution in [1.82, 2.24) is 4.98 Å². The summed E-state index contributed by atoms with van der Waals surface area (Å²) >= 11 is 3.05. The summed E-state index contributed by atoms with van der Waals surface area (Å²) in [5.41, 5.74) is 0.170. The predicted octanol–water partition coefficient (Wildman–Crippen LogP) is 3.38. The van der Waals surface area contributed by atoms with E-state index in [4.69, 9.17) is 4.42 Å². The van der Waals surface area contributed by atoms with E-state index < -0.39 is 11.6 Å². The lowest BCUT2D eigenvalue weighted by molar-refractivity contribution is 0.553. The largest absolute Gasteiger partial charge is 0.443 e. The summed E-state index contributed by atoms with van der Waals surface area (Å²) < 4.78 is 31.3. The first-order valence-corrected chi connectivity index (χ1v) is 4.51. The molecule has 0 spiro atoms. The van der Waals surface area contributed by atoms with Crippen LogP contribution in [0.2, 0.25) is 0 Å². The molecule has 0 aliphatic heterocycles. The van der Waals surface area contributed by atoms with Crippen molar-refractivity contribution in [2.75, 3.05) is 0 Å². The number of rotatable bonds is 1. The summed E-state index contributed by atoms with van der Waals surface area (Å²) in [5, 5.41) is 0. The maximum atomic E-state index is 13.3. The molecule has 1 aromatic carbocycles. The van der Waals surface area contributed by atoms with E-state index in [-0.39, 0.29) is 11.3 Å². The van der Waals surface area contributed by atoms with Crippen LogP contribution in [0.25, 0.3) is 11.3 Å². The smallest absolute Gasteiger partial charge is 0.181 e. The minimum atomic E-state index is -0.686. The molecule has 0 atom stereocenters. The molecule has 0 aliphatic rings. The second kappa shape index (κ2) is 3.49. The topological polar surface area (TPSA) is 26.0 Å². The zero-order valence-electron chi connectivity index (χ0n) is 6.80. The molecule has 0 radical (unpaired) electrons. The van der Waals surface area contributed by atoms with Crippen molar-refractivity contribution in [2.24, 2.45) is 0 Å². The van der Waals surface area contributed by atoms with Gasteiger partial charge in [-0.15, -0.1) is 0 Å². The fourth-order valence-electron chi connectivity index (χ4n) is 1.12. The number of hydrogen-bond donors (Lipinski definition) is 0. The van der Waals surface area contributed by atoms with Gasteiger partial charge in [-0.2, -0.15) is 0 Å². The average Bonchev–Trinajstić information content (AvgIpc) is 2.54. The highest BCUT2D eigenvalue weighted by atomic mass is 79.9. The lowest BCUT2D eigenvalue weighted by Gasteiger charge is -2.02. The van der Waals surface area contributed by atoms with Crippen LogP contribution in [0.4, 0.5) is 8.78 Å². The highest BCUT2D eigenvalue weighted by Gasteiger charge is 2.14. The van der Waals surface area contributed by atoms with Crippen molar-refractivity contribution in [3.63, 3.8) is 0 Å². The quantitative estimate of drug-likeness (QED) is 0.785. The van der Waals surface area contributed by atoms with Crippen molar-refractivity contribution in [1.29, 1.82) is 0 Å². The Morgan fingerprint density at radius 3 is 2.64 bits per heavy atom. The molecule has 0 fully saturated rings. The molecule has 2 aromatic rings. The van der Waals surface area contributed by atoms with Gasteiger partial charge in [0.05, 0.1) is 11.8 Å². The molecule has 72 valence electrons. The molecule has 1 aromatic heterocycles. The molecule has 0 saturated heterocycles. The van der Waals surface area contributed by atoms with Crippen LogP contribution in [0.1, 0.15) is 0 Å². The molecule has 14 heavy (non-hydrogen) atoms. The molecule has 5 heteroatoms. The maximum absolute atomic E-state index is 13.3. The fourth-order valence-corrected chi connectivity index (χ4v) is 1.72. The number of oxazole rings is 1. The molecule has 0 unspecified atom stereocenters. The molecule has 0 bridgehead atoms. The highest BCUT2D eigenvalue weighted by Crippen LogP contribution is 2.31. The van der Waals surface area contributed by atoms with Gasteiger partial charge >= 0.3 is 0 Å². The van der Waals surface area contributed by atoms with E-state index in [2.05, 4.69) is 20.9 Å². The second-order valence-corrected chi connectivity index (χ2v) is 3.46. The van der Waals surface area contributed by atoms with Crippen LogP contribution in [-0.4, -0.2) is 4.98 Å². The predicted molar refractivity (Wildman–Crippen MR) is 49.6 cm³/mol. The Morgan fingerprint density at radius 2 is 2.07 bits per heavy atom. The number of aromatic nitrogens is 1. The molecule has 0 aliphatic carbocycles.